The Morgan fingerprint density at radius 2 is 1.71 bits per heavy atom. The number of rotatable bonds is 7. The molecule has 0 radical (unpaired) electrons. The van der Waals surface area contributed by atoms with Crippen molar-refractivity contribution in [2.24, 2.45) is 0 Å². The molecule has 1 amide bonds. The van der Waals surface area contributed by atoms with Crippen LogP contribution in [0.2, 0.25) is 5.02 Å². The lowest BCUT2D eigenvalue weighted by molar-refractivity contribution is -0.112. The zero-order chi connectivity index (χ0) is 24.7. The summed E-state index contributed by atoms with van der Waals surface area (Å²) in [5.41, 5.74) is 0.818. The molecule has 8 nitrogen and oxygen atoms in total. The number of amides is 1. The fourth-order valence-electron chi connectivity index (χ4n) is 2.75. The van der Waals surface area contributed by atoms with E-state index >= 15 is 0 Å². The lowest BCUT2D eigenvalue weighted by Crippen LogP contribution is -2.13. The van der Waals surface area contributed by atoms with E-state index in [1.165, 1.54) is 79.9 Å². The number of nitriles is 1. The van der Waals surface area contributed by atoms with E-state index in [1.807, 2.05) is 6.07 Å². The van der Waals surface area contributed by atoms with E-state index in [-0.39, 0.29) is 16.2 Å². The van der Waals surface area contributed by atoms with Crippen molar-refractivity contribution in [1.82, 2.24) is 0 Å². The average Bonchev–Trinajstić information content (AvgIpc) is 2.82. The van der Waals surface area contributed by atoms with Gasteiger partial charge in [-0.15, -0.1) is 0 Å². The molecule has 0 spiro atoms. The minimum atomic E-state index is -4.11. The number of hydrogen-bond donors (Lipinski definition) is 1. The molecule has 0 aliphatic rings. The van der Waals surface area contributed by atoms with Crippen LogP contribution in [-0.2, 0) is 19.6 Å². The average molecular weight is 497 g/mol. The number of nitrogens with zero attached hydrogens (tertiary/aromatic N) is 1. The van der Waals surface area contributed by atoms with Crippen LogP contribution in [0.1, 0.15) is 15.9 Å². The fourth-order valence-corrected chi connectivity index (χ4v) is 3.80. The van der Waals surface area contributed by atoms with Crippen LogP contribution in [0.3, 0.4) is 0 Å². The number of nitrogens with one attached hydrogen (secondary N) is 1. The van der Waals surface area contributed by atoms with Crippen LogP contribution in [0.25, 0.3) is 6.08 Å². The van der Waals surface area contributed by atoms with Crippen LogP contribution in [-0.4, -0.2) is 27.4 Å². The number of carbonyl (C=O) groups excluding carboxylic acids is 2. The minimum absolute atomic E-state index is 0.000188. The molecule has 0 aromatic heterocycles. The SMILES string of the molecule is COC(=O)c1ccc(NC(=O)/C(C#N)=C\c2cccc(OS(=O)(=O)c3ccc(Cl)cc3)c2)cc1. The number of benzene rings is 3. The van der Waals surface area contributed by atoms with Gasteiger partial charge < -0.3 is 14.2 Å². The third-order valence-corrected chi connectivity index (χ3v) is 5.92. The van der Waals surface area contributed by atoms with Crippen molar-refractivity contribution >= 4 is 45.4 Å². The lowest BCUT2D eigenvalue weighted by atomic mass is 10.1. The van der Waals surface area contributed by atoms with Crippen LogP contribution in [0, 0.1) is 11.3 Å². The molecular weight excluding hydrogens is 480 g/mol. The highest BCUT2D eigenvalue weighted by molar-refractivity contribution is 7.87. The molecule has 0 fully saturated rings. The van der Waals surface area contributed by atoms with E-state index in [2.05, 4.69) is 10.1 Å². The van der Waals surface area contributed by atoms with Gasteiger partial charge in [0.1, 0.15) is 22.3 Å². The molecule has 3 aromatic carbocycles. The molecule has 0 aliphatic carbocycles. The summed E-state index contributed by atoms with van der Waals surface area (Å²) in [6.45, 7) is 0. The standard InChI is InChI=1S/C24H17ClN2O6S/c1-32-24(29)17-5-9-20(10-6-17)27-23(28)18(15-26)13-16-3-2-4-21(14-16)33-34(30,31)22-11-7-19(25)8-12-22/h2-14H,1H3,(H,27,28)/b18-13-. The number of methoxy groups -OCH3 is 1. The summed E-state index contributed by atoms with van der Waals surface area (Å²) in [4.78, 5) is 23.9. The molecule has 0 bridgehead atoms. The van der Waals surface area contributed by atoms with Gasteiger partial charge in [0, 0.05) is 10.7 Å². The molecule has 34 heavy (non-hydrogen) atoms. The second-order valence-corrected chi connectivity index (χ2v) is 8.74. The van der Waals surface area contributed by atoms with Crippen molar-refractivity contribution in [3.63, 3.8) is 0 Å². The lowest BCUT2D eigenvalue weighted by Gasteiger charge is -2.08. The maximum atomic E-state index is 12.5. The third-order valence-electron chi connectivity index (χ3n) is 4.41. The summed E-state index contributed by atoms with van der Waals surface area (Å²) in [7, 11) is -2.85. The van der Waals surface area contributed by atoms with Gasteiger partial charge >= 0.3 is 16.1 Å². The zero-order valence-electron chi connectivity index (χ0n) is 17.7. The number of anilines is 1. The van der Waals surface area contributed by atoms with Crippen LogP contribution >= 0.6 is 11.6 Å². The van der Waals surface area contributed by atoms with E-state index in [1.54, 1.807) is 6.07 Å². The normalized spacial score (nSPS) is 11.3. The summed E-state index contributed by atoms with van der Waals surface area (Å²) < 4.78 is 34.7. The number of ether oxygens (including phenoxy) is 1. The van der Waals surface area contributed by atoms with E-state index in [0.717, 1.165) is 0 Å². The van der Waals surface area contributed by atoms with Gasteiger partial charge in [-0.05, 0) is 72.3 Å². The summed E-state index contributed by atoms with van der Waals surface area (Å²) in [5, 5.41) is 12.4. The van der Waals surface area contributed by atoms with E-state index in [9.17, 15) is 23.3 Å². The summed E-state index contributed by atoms with van der Waals surface area (Å²) in [6.07, 6.45) is 1.29. The van der Waals surface area contributed by atoms with Crippen molar-refractivity contribution < 1.29 is 26.9 Å². The molecule has 0 atom stereocenters. The Hall–Kier alpha value is -4.13. The molecule has 0 heterocycles. The Labute approximate surface area is 201 Å². The molecule has 0 aliphatic heterocycles. The highest BCUT2D eigenvalue weighted by Crippen LogP contribution is 2.22. The van der Waals surface area contributed by atoms with Crippen molar-refractivity contribution in [3.8, 4) is 11.8 Å². The second kappa shape index (κ2) is 10.7. The van der Waals surface area contributed by atoms with Gasteiger partial charge in [-0.3, -0.25) is 4.79 Å². The van der Waals surface area contributed by atoms with Crippen molar-refractivity contribution in [2.75, 3.05) is 12.4 Å². The molecule has 3 aromatic rings. The Bertz CT molecular complexity index is 1390. The maximum absolute atomic E-state index is 12.5. The summed E-state index contributed by atoms with van der Waals surface area (Å²) >= 11 is 5.79. The van der Waals surface area contributed by atoms with Gasteiger partial charge in [-0.25, -0.2) is 4.79 Å². The first kappa shape index (κ1) is 24.5. The predicted octanol–water partition coefficient (Wildman–Crippen LogP) is 4.44. The summed E-state index contributed by atoms with van der Waals surface area (Å²) in [6, 6.07) is 19.1. The van der Waals surface area contributed by atoms with E-state index in [4.69, 9.17) is 15.8 Å². The van der Waals surface area contributed by atoms with Crippen LogP contribution in [0.4, 0.5) is 5.69 Å². The highest BCUT2D eigenvalue weighted by atomic mass is 35.5. The monoisotopic (exact) mass is 496 g/mol. The molecule has 0 saturated heterocycles. The molecule has 0 saturated carbocycles. The number of esters is 1. The van der Waals surface area contributed by atoms with Crippen molar-refractivity contribution in [1.29, 1.82) is 5.26 Å². The first-order valence-electron chi connectivity index (χ1n) is 9.63. The topological polar surface area (TPSA) is 123 Å². The van der Waals surface area contributed by atoms with Gasteiger partial charge in [0.2, 0.25) is 0 Å². The Morgan fingerprint density at radius 3 is 2.32 bits per heavy atom. The molecule has 1 N–H and O–H groups in total. The maximum Gasteiger partial charge on any atom is 0.339 e. The second-order valence-electron chi connectivity index (χ2n) is 6.76. The van der Waals surface area contributed by atoms with Gasteiger partial charge in [0.05, 0.1) is 12.7 Å². The van der Waals surface area contributed by atoms with E-state index in [0.29, 0.717) is 21.8 Å². The first-order chi connectivity index (χ1) is 16.2. The molecule has 0 unspecified atom stereocenters. The quantitative estimate of drug-likeness (QED) is 0.222. The molecule has 172 valence electrons. The van der Waals surface area contributed by atoms with Crippen molar-refractivity contribution in [3.05, 3.63) is 94.5 Å². The predicted molar refractivity (Wildman–Crippen MR) is 126 cm³/mol. The van der Waals surface area contributed by atoms with Crippen molar-refractivity contribution in [2.45, 2.75) is 4.90 Å². The van der Waals surface area contributed by atoms with Crippen LogP contribution in [0.5, 0.6) is 5.75 Å². The van der Waals surface area contributed by atoms with Gasteiger partial charge in [0.25, 0.3) is 5.91 Å². The largest absolute Gasteiger partial charge is 0.465 e. The fraction of sp³-hybridized carbons (Fsp3) is 0.0417. The third kappa shape index (κ3) is 6.22. The Kier molecular flexibility index (Phi) is 7.68. The first-order valence-corrected chi connectivity index (χ1v) is 11.4. The molecular formula is C24H17ClN2O6S. The molecule has 10 heteroatoms. The van der Waals surface area contributed by atoms with Gasteiger partial charge in [0.15, 0.2) is 0 Å². The number of hydrogen-bond acceptors (Lipinski definition) is 7. The smallest absolute Gasteiger partial charge is 0.339 e. The number of carbonyl (C=O) groups is 2. The Morgan fingerprint density at radius 1 is 1.03 bits per heavy atom. The molecule has 3 rings (SSSR count). The summed E-state index contributed by atoms with van der Waals surface area (Å²) in [5.74, 6) is -1.20. The van der Waals surface area contributed by atoms with Gasteiger partial charge in [-0.1, -0.05) is 23.7 Å². The number of halogens is 1. The van der Waals surface area contributed by atoms with E-state index < -0.39 is 22.0 Å². The zero-order valence-corrected chi connectivity index (χ0v) is 19.3. The highest BCUT2D eigenvalue weighted by Gasteiger charge is 2.17. The van der Waals surface area contributed by atoms with Gasteiger partial charge in [-0.2, -0.15) is 13.7 Å². The Balaban J connectivity index is 1.76. The minimum Gasteiger partial charge on any atom is -0.465 e. The van der Waals surface area contributed by atoms with Crippen LogP contribution in [0.15, 0.2) is 83.3 Å². The van der Waals surface area contributed by atoms with Crippen LogP contribution < -0.4 is 9.50 Å².